The van der Waals surface area contributed by atoms with Gasteiger partial charge in [0.25, 0.3) is 0 Å². The second kappa shape index (κ2) is 8.43. The van der Waals surface area contributed by atoms with E-state index in [4.69, 9.17) is 15.6 Å². The molecule has 1 aliphatic heterocycles. The highest BCUT2D eigenvalue weighted by Gasteiger charge is 2.20. The van der Waals surface area contributed by atoms with Gasteiger partial charge in [-0.05, 0) is 48.6 Å². The normalized spacial score (nSPS) is 13.1. The molecule has 0 spiro atoms. The van der Waals surface area contributed by atoms with Crippen molar-refractivity contribution in [1.82, 2.24) is 24.6 Å². The number of carbonyl (C=O) groups excluding carboxylic acids is 1. The van der Waals surface area contributed by atoms with Crippen LogP contribution in [0.1, 0.15) is 0 Å². The van der Waals surface area contributed by atoms with Crippen LogP contribution in [-0.4, -0.2) is 37.1 Å². The third-order valence-electron chi connectivity index (χ3n) is 5.18. The van der Waals surface area contributed by atoms with Crippen molar-refractivity contribution in [2.75, 3.05) is 12.3 Å². The van der Waals surface area contributed by atoms with Crippen molar-refractivity contribution in [2.24, 2.45) is 0 Å². The SMILES string of the molecule is C=CC(=O)N1C=C(n2nc(-c3ccc(Oc4ccccc4)cc3)c3c(N)ncnc32)C=CC1. The van der Waals surface area contributed by atoms with E-state index < -0.39 is 0 Å². The molecule has 0 bridgehead atoms. The molecule has 2 aromatic carbocycles. The number of amides is 1. The molecular weight excluding hydrogens is 416 g/mol. The quantitative estimate of drug-likeness (QED) is 0.470. The van der Waals surface area contributed by atoms with Crippen LogP contribution in [-0.2, 0) is 4.79 Å². The number of ether oxygens (including phenoxy) is 1. The van der Waals surface area contributed by atoms with Gasteiger partial charge in [-0.15, -0.1) is 0 Å². The Labute approximate surface area is 189 Å². The van der Waals surface area contributed by atoms with Gasteiger partial charge < -0.3 is 15.4 Å². The lowest BCUT2D eigenvalue weighted by molar-refractivity contribution is -0.123. The molecular formula is C25H20N6O2. The van der Waals surface area contributed by atoms with Gasteiger partial charge >= 0.3 is 0 Å². The molecule has 8 nitrogen and oxygen atoms in total. The highest BCUT2D eigenvalue weighted by molar-refractivity contribution is 6.00. The number of allylic oxidation sites excluding steroid dienone is 2. The topological polar surface area (TPSA) is 99.2 Å². The Morgan fingerprint density at radius 1 is 1.06 bits per heavy atom. The average Bonchev–Trinajstić information content (AvgIpc) is 3.26. The summed E-state index contributed by atoms with van der Waals surface area (Å²) in [6.45, 7) is 4.02. The standard InChI is InChI=1S/C25H20N6O2/c1-2-21(32)30-14-6-7-18(15-30)31-25-22(24(26)27-16-28-25)23(29-31)17-10-12-20(13-11-17)33-19-8-4-3-5-9-19/h2-13,15-16H,1,14H2,(H2,26,27,28). The number of nitrogens with zero attached hydrogens (tertiary/aromatic N) is 5. The molecule has 1 aliphatic rings. The van der Waals surface area contributed by atoms with E-state index in [0.29, 0.717) is 40.5 Å². The Morgan fingerprint density at radius 2 is 1.82 bits per heavy atom. The van der Waals surface area contributed by atoms with Gasteiger partial charge in [0.1, 0.15) is 29.3 Å². The minimum Gasteiger partial charge on any atom is -0.457 e. The van der Waals surface area contributed by atoms with E-state index in [2.05, 4.69) is 16.5 Å². The number of aromatic nitrogens is 4. The van der Waals surface area contributed by atoms with Crippen LogP contribution in [0.25, 0.3) is 28.0 Å². The first-order chi connectivity index (χ1) is 16.1. The van der Waals surface area contributed by atoms with Crippen molar-refractivity contribution in [2.45, 2.75) is 0 Å². The molecule has 162 valence electrons. The monoisotopic (exact) mass is 436 g/mol. The molecule has 4 aromatic rings. The Balaban J connectivity index is 1.56. The molecule has 2 N–H and O–H groups in total. The van der Waals surface area contributed by atoms with Crippen molar-refractivity contribution in [3.8, 4) is 22.8 Å². The second-order valence-corrected chi connectivity index (χ2v) is 7.31. The third-order valence-corrected chi connectivity index (χ3v) is 5.18. The number of hydrogen-bond donors (Lipinski definition) is 1. The Kier molecular flexibility index (Phi) is 5.16. The van der Waals surface area contributed by atoms with Crippen molar-refractivity contribution in [3.05, 3.63) is 91.9 Å². The van der Waals surface area contributed by atoms with Gasteiger partial charge in [0.05, 0.1) is 11.1 Å². The Hall–Kier alpha value is -4.72. The number of hydrogen-bond acceptors (Lipinski definition) is 6. The van der Waals surface area contributed by atoms with Crippen molar-refractivity contribution in [3.63, 3.8) is 0 Å². The number of rotatable bonds is 5. The maximum Gasteiger partial charge on any atom is 0.250 e. The Morgan fingerprint density at radius 3 is 2.58 bits per heavy atom. The molecule has 0 fully saturated rings. The zero-order chi connectivity index (χ0) is 22.8. The van der Waals surface area contributed by atoms with Gasteiger partial charge in [-0.2, -0.15) is 5.10 Å². The summed E-state index contributed by atoms with van der Waals surface area (Å²) in [5, 5.41) is 5.42. The largest absolute Gasteiger partial charge is 0.457 e. The maximum atomic E-state index is 12.1. The number of carbonyl (C=O) groups is 1. The average molecular weight is 436 g/mol. The molecule has 0 radical (unpaired) electrons. The summed E-state index contributed by atoms with van der Waals surface area (Å²) < 4.78 is 7.55. The van der Waals surface area contributed by atoms with Crippen LogP contribution >= 0.6 is 0 Å². The lowest BCUT2D eigenvalue weighted by Crippen LogP contribution is -2.26. The smallest absolute Gasteiger partial charge is 0.250 e. The van der Waals surface area contributed by atoms with E-state index in [1.165, 1.54) is 12.4 Å². The van der Waals surface area contributed by atoms with Crippen LogP contribution in [0.3, 0.4) is 0 Å². The fourth-order valence-electron chi connectivity index (χ4n) is 3.60. The minimum atomic E-state index is -0.198. The first-order valence-electron chi connectivity index (χ1n) is 10.3. The molecule has 0 aliphatic carbocycles. The number of benzene rings is 2. The molecule has 0 atom stereocenters. The van der Waals surface area contributed by atoms with Crippen molar-refractivity contribution < 1.29 is 9.53 Å². The van der Waals surface area contributed by atoms with E-state index >= 15 is 0 Å². The lowest BCUT2D eigenvalue weighted by Gasteiger charge is -2.19. The van der Waals surface area contributed by atoms with Crippen LogP contribution in [0.15, 0.2) is 91.9 Å². The molecule has 8 heteroatoms. The number of nitrogens with two attached hydrogens (primary N) is 1. The van der Waals surface area contributed by atoms with Gasteiger partial charge in [0, 0.05) is 18.3 Å². The molecule has 0 unspecified atom stereocenters. The van der Waals surface area contributed by atoms with Crippen molar-refractivity contribution in [1.29, 1.82) is 0 Å². The van der Waals surface area contributed by atoms with Crippen LogP contribution in [0.5, 0.6) is 11.5 Å². The molecule has 2 aromatic heterocycles. The Bertz CT molecular complexity index is 1400. The van der Waals surface area contributed by atoms with E-state index in [1.54, 1.807) is 15.8 Å². The molecule has 5 rings (SSSR count). The summed E-state index contributed by atoms with van der Waals surface area (Å²) >= 11 is 0. The summed E-state index contributed by atoms with van der Waals surface area (Å²) in [5.74, 6) is 1.59. The third kappa shape index (κ3) is 3.85. The highest BCUT2D eigenvalue weighted by Crippen LogP contribution is 2.33. The predicted molar refractivity (Wildman–Crippen MR) is 127 cm³/mol. The van der Waals surface area contributed by atoms with Crippen LogP contribution in [0.2, 0.25) is 0 Å². The summed E-state index contributed by atoms with van der Waals surface area (Å²) in [6, 6.07) is 17.1. The number of para-hydroxylation sites is 1. The minimum absolute atomic E-state index is 0.198. The lowest BCUT2D eigenvalue weighted by atomic mass is 10.1. The van der Waals surface area contributed by atoms with E-state index in [1.807, 2.05) is 66.7 Å². The second-order valence-electron chi connectivity index (χ2n) is 7.31. The molecule has 3 heterocycles. The summed E-state index contributed by atoms with van der Waals surface area (Å²) in [6.07, 6.45) is 8.16. The number of nitrogen functional groups attached to an aromatic ring is 1. The first-order valence-corrected chi connectivity index (χ1v) is 10.3. The summed E-state index contributed by atoms with van der Waals surface area (Å²) in [7, 11) is 0. The number of anilines is 1. The van der Waals surface area contributed by atoms with E-state index in [-0.39, 0.29) is 5.91 Å². The zero-order valence-electron chi connectivity index (χ0n) is 17.6. The van der Waals surface area contributed by atoms with Crippen molar-refractivity contribution >= 4 is 28.5 Å². The summed E-state index contributed by atoms with van der Waals surface area (Å²) in [5.41, 5.74) is 8.91. The van der Waals surface area contributed by atoms with Gasteiger partial charge in [0.2, 0.25) is 5.91 Å². The first kappa shape index (κ1) is 20.2. The molecule has 0 saturated carbocycles. The van der Waals surface area contributed by atoms with E-state index in [0.717, 1.165) is 11.3 Å². The van der Waals surface area contributed by atoms with Crippen LogP contribution in [0.4, 0.5) is 5.82 Å². The van der Waals surface area contributed by atoms with E-state index in [9.17, 15) is 4.79 Å². The van der Waals surface area contributed by atoms with Gasteiger partial charge in [-0.3, -0.25) is 4.79 Å². The maximum absolute atomic E-state index is 12.1. The van der Waals surface area contributed by atoms with Crippen LogP contribution in [0, 0.1) is 0 Å². The van der Waals surface area contributed by atoms with Gasteiger partial charge in [-0.25, -0.2) is 14.6 Å². The zero-order valence-corrected chi connectivity index (χ0v) is 17.6. The van der Waals surface area contributed by atoms with Gasteiger partial charge in [-0.1, -0.05) is 30.9 Å². The predicted octanol–water partition coefficient (Wildman–Crippen LogP) is 4.25. The molecule has 1 amide bonds. The summed E-state index contributed by atoms with van der Waals surface area (Å²) in [4.78, 5) is 22.2. The fraction of sp³-hybridized carbons (Fsp3) is 0.0400. The molecule has 0 saturated heterocycles. The highest BCUT2D eigenvalue weighted by atomic mass is 16.5. The number of fused-ring (bicyclic) bond motifs is 1. The van der Waals surface area contributed by atoms with Gasteiger partial charge in [0.15, 0.2) is 5.65 Å². The van der Waals surface area contributed by atoms with Crippen LogP contribution < -0.4 is 10.5 Å². The molecule has 33 heavy (non-hydrogen) atoms. The fourth-order valence-corrected chi connectivity index (χ4v) is 3.60.